The number of aromatic nitrogens is 1. The predicted molar refractivity (Wildman–Crippen MR) is 44.3 cm³/mol. The van der Waals surface area contributed by atoms with Gasteiger partial charge in [0.1, 0.15) is 5.69 Å². The van der Waals surface area contributed by atoms with Crippen molar-refractivity contribution in [2.75, 3.05) is 0 Å². The Hall–Kier alpha value is -0.810. The van der Waals surface area contributed by atoms with Crippen LogP contribution in [-0.4, -0.2) is 10.2 Å². The van der Waals surface area contributed by atoms with Gasteiger partial charge in [-0.05, 0) is 17.7 Å². The van der Waals surface area contributed by atoms with Gasteiger partial charge in [0, 0.05) is 0 Å². The number of alkyl halides is 2. The highest BCUT2D eigenvalue weighted by Crippen LogP contribution is 2.26. The second-order valence-corrected chi connectivity index (χ2v) is 2.97. The zero-order chi connectivity index (χ0) is 10.9. The molecule has 0 saturated heterocycles. The second kappa shape index (κ2) is 4.14. The molecule has 0 spiro atoms. The van der Waals surface area contributed by atoms with Gasteiger partial charge in [-0.3, -0.25) is 4.79 Å². The van der Waals surface area contributed by atoms with Crippen molar-refractivity contribution in [1.82, 2.24) is 4.98 Å². The summed E-state index contributed by atoms with van der Waals surface area (Å²) in [5.74, 6) is -1.12. The smallest absolute Gasteiger partial charge is 0.271 e. The van der Waals surface area contributed by atoms with Crippen molar-refractivity contribution < 1.29 is 18.0 Å². The summed E-state index contributed by atoms with van der Waals surface area (Å²) < 4.78 is 37.2. The molecule has 14 heavy (non-hydrogen) atoms. The molecule has 0 aliphatic carbocycles. The van der Waals surface area contributed by atoms with E-state index in [4.69, 9.17) is 23.2 Å². The molecule has 0 aliphatic heterocycles. The molecule has 0 saturated carbocycles. The lowest BCUT2D eigenvalue weighted by molar-refractivity contribution is 0.106. The highest BCUT2D eigenvalue weighted by molar-refractivity contribution is 6.67. The van der Waals surface area contributed by atoms with Gasteiger partial charge in [-0.25, -0.2) is 18.2 Å². The Morgan fingerprint density at radius 1 is 1.50 bits per heavy atom. The van der Waals surface area contributed by atoms with Crippen LogP contribution in [0, 0.1) is 5.82 Å². The summed E-state index contributed by atoms with van der Waals surface area (Å²) in [6, 6.07) is 0.440. The maximum Gasteiger partial charge on any atom is 0.271 e. The molecule has 1 aromatic rings. The molecular weight excluding hydrogens is 242 g/mol. The molecule has 0 N–H and O–H groups in total. The summed E-state index contributed by atoms with van der Waals surface area (Å²) in [4.78, 5) is 13.7. The molecule has 76 valence electrons. The van der Waals surface area contributed by atoms with Crippen LogP contribution >= 0.6 is 23.2 Å². The standard InChI is InChI=1S/C7H2Cl2F3NO/c8-5-3(10)1-2(7(11)12)4(13-5)6(9)14/h1,7H. The van der Waals surface area contributed by atoms with Gasteiger partial charge in [0.15, 0.2) is 11.0 Å². The molecule has 0 atom stereocenters. The minimum atomic E-state index is -3.04. The maximum absolute atomic E-state index is 12.7. The molecule has 2 nitrogen and oxygen atoms in total. The van der Waals surface area contributed by atoms with E-state index in [1.807, 2.05) is 0 Å². The van der Waals surface area contributed by atoms with Gasteiger partial charge >= 0.3 is 0 Å². The van der Waals surface area contributed by atoms with Crippen LogP contribution in [0.4, 0.5) is 13.2 Å². The number of carbonyl (C=O) groups is 1. The molecule has 0 aliphatic rings. The van der Waals surface area contributed by atoms with Crippen LogP contribution in [-0.2, 0) is 0 Å². The van der Waals surface area contributed by atoms with Crippen LogP contribution in [0.5, 0.6) is 0 Å². The third-order valence-electron chi connectivity index (χ3n) is 1.38. The quantitative estimate of drug-likeness (QED) is 0.590. The monoisotopic (exact) mass is 243 g/mol. The molecule has 1 aromatic heterocycles. The first-order valence-corrected chi connectivity index (χ1v) is 4.03. The van der Waals surface area contributed by atoms with Crippen molar-refractivity contribution in [2.24, 2.45) is 0 Å². The van der Waals surface area contributed by atoms with E-state index < -0.39 is 33.9 Å². The normalized spacial score (nSPS) is 10.7. The van der Waals surface area contributed by atoms with E-state index in [2.05, 4.69) is 4.98 Å². The number of hydrogen-bond donors (Lipinski definition) is 0. The van der Waals surface area contributed by atoms with E-state index in [1.54, 1.807) is 0 Å². The molecular formula is C7H2Cl2F3NO. The van der Waals surface area contributed by atoms with E-state index in [0.29, 0.717) is 6.07 Å². The number of rotatable bonds is 2. The predicted octanol–water partition coefficient (Wildman–Crippen LogP) is 3.19. The fraction of sp³-hybridized carbons (Fsp3) is 0.143. The van der Waals surface area contributed by atoms with E-state index >= 15 is 0 Å². The lowest BCUT2D eigenvalue weighted by atomic mass is 10.2. The van der Waals surface area contributed by atoms with Crippen molar-refractivity contribution in [2.45, 2.75) is 6.43 Å². The summed E-state index contributed by atoms with van der Waals surface area (Å²) in [6.45, 7) is 0. The highest BCUT2D eigenvalue weighted by atomic mass is 35.5. The number of nitrogens with zero attached hydrogens (tertiary/aromatic N) is 1. The third-order valence-corrected chi connectivity index (χ3v) is 1.83. The van der Waals surface area contributed by atoms with E-state index in [1.165, 1.54) is 0 Å². The van der Waals surface area contributed by atoms with Crippen molar-refractivity contribution in [3.05, 3.63) is 28.3 Å². The topological polar surface area (TPSA) is 30.0 Å². The zero-order valence-corrected chi connectivity index (χ0v) is 7.91. The van der Waals surface area contributed by atoms with E-state index in [-0.39, 0.29) is 0 Å². The summed E-state index contributed by atoms with van der Waals surface area (Å²) in [5.41, 5.74) is -1.60. The first-order valence-electron chi connectivity index (χ1n) is 3.27. The van der Waals surface area contributed by atoms with Gasteiger partial charge in [-0.1, -0.05) is 11.6 Å². The number of carbonyl (C=O) groups excluding carboxylic acids is 1. The highest BCUT2D eigenvalue weighted by Gasteiger charge is 2.21. The summed E-state index contributed by atoms with van der Waals surface area (Å²) in [6.07, 6.45) is -3.04. The van der Waals surface area contributed by atoms with Crippen LogP contribution < -0.4 is 0 Å². The molecule has 0 amide bonds. The van der Waals surface area contributed by atoms with Crippen LogP contribution in [0.15, 0.2) is 6.07 Å². The first-order chi connectivity index (χ1) is 6.43. The van der Waals surface area contributed by atoms with Crippen LogP contribution in [0.1, 0.15) is 22.5 Å². The first kappa shape index (κ1) is 11.3. The van der Waals surface area contributed by atoms with Crippen molar-refractivity contribution in [1.29, 1.82) is 0 Å². The summed E-state index contributed by atoms with van der Waals surface area (Å²) >= 11 is 10.2. The Bertz CT molecular complexity index is 383. The van der Waals surface area contributed by atoms with E-state index in [0.717, 1.165) is 0 Å². The SMILES string of the molecule is O=C(Cl)c1nc(Cl)c(F)cc1C(F)F. The Morgan fingerprint density at radius 2 is 2.07 bits per heavy atom. The molecule has 0 aromatic carbocycles. The number of pyridine rings is 1. The lowest BCUT2D eigenvalue weighted by Gasteiger charge is -2.04. The fourth-order valence-corrected chi connectivity index (χ4v) is 1.09. The zero-order valence-electron chi connectivity index (χ0n) is 6.40. The van der Waals surface area contributed by atoms with Crippen LogP contribution in [0.25, 0.3) is 0 Å². The van der Waals surface area contributed by atoms with Crippen molar-refractivity contribution >= 4 is 28.4 Å². The average molecular weight is 244 g/mol. The summed E-state index contributed by atoms with van der Waals surface area (Å²) in [7, 11) is 0. The van der Waals surface area contributed by atoms with Gasteiger partial charge in [-0.2, -0.15) is 0 Å². The minimum Gasteiger partial charge on any atom is -0.274 e. The molecule has 1 heterocycles. The van der Waals surface area contributed by atoms with E-state index in [9.17, 15) is 18.0 Å². The van der Waals surface area contributed by atoms with Crippen LogP contribution in [0.3, 0.4) is 0 Å². The third kappa shape index (κ3) is 2.16. The average Bonchev–Trinajstić information content (AvgIpc) is 2.08. The van der Waals surface area contributed by atoms with Crippen molar-refractivity contribution in [3.63, 3.8) is 0 Å². The van der Waals surface area contributed by atoms with Gasteiger partial charge in [0.25, 0.3) is 11.7 Å². The largest absolute Gasteiger partial charge is 0.274 e. The molecule has 0 radical (unpaired) electrons. The molecule has 0 unspecified atom stereocenters. The Balaban J connectivity index is 3.39. The number of halogens is 5. The Labute approximate surface area is 86.6 Å². The molecule has 0 bridgehead atoms. The Kier molecular flexibility index (Phi) is 3.34. The molecule has 0 fully saturated rings. The van der Waals surface area contributed by atoms with Gasteiger partial charge in [0.05, 0.1) is 5.56 Å². The Morgan fingerprint density at radius 3 is 2.50 bits per heavy atom. The lowest BCUT2D eigenvalue weighted by Crippen LogP contribution is -2.04. The van der Waals surface area contributed by atoms with Gasteiger partial charge in [-0.15, -0.1) is 0 Å². The molecule has 1 rings (SSSR count). The molecule has 7 heteroatoms. The van der Waals surface area contributed by atoms with Crippen LogP contribution in [0.2, 0.25) is 5.15 Å². The second-order valence-electron chi connectivity index (χ2n) is 2.27. The summed E-state index contributed by atoms with van der Waals surface area (Å²) in [5, 5.41) is -1.87. The fourth-order valence-electron chi connectivity index (χ4n) is 0.804. The van der Waals surface area contributed by atoms with Gasteiger partial charge < -0.3 is 0 Å². The number of hydrogen-bond acceptors (Lipinski definition) is 2. The van der Waals surface area contributed by atoms with Gasteiger partial charge in [0.2, 0.25) is 0 Å². The maximum atomic E-state index is 12.7. The minimum absolute atomic E-state index is 0.440. The van der Waals surface area contributed by atoms with Crippen molar-refractivity contribution in [3.8, 4) is 0 Å².